The third-order valence-corrected chi connectivity index (χ3v) is 3.52. The van der Waals surface area contributed by atoms with E-state index in [4.69, 9.17) is 11.0 Å². The van der Waals surface area contributed by atoms with E-state index in [0.29, 0.717) is 11.3 Å². The first kappa shape index (κ1) is 13.3. The number of rotatable bonds is 4. The second kappa shape index (κ2) is 6.17. The van der Waals surface area contributed by atoms with Crippen LogP contribution in [0.2, 0.25) is 0 Å². The lowest BCUT2D eigenvalue weighted by Gasteiger charge is -2.10. The molecule has 2 aromatic carbocycles. The molecule has 2 aromatic rings. The molecule has 0 fully saturated rings. The van der Waals surface area contributed by atoms with E-state index in [9.17, 15) is 0 Å². The summed E-state index contributed by atoms with van der Waals surface area (Å²) in [5, 5.41) is 12.0. The Bertz CT molecular complexity index is 600. The second-order valence-corrected chi connectivity index (χ2v) is 5.33. The van der Waals surface area contributed by atoms with Gasteiger partial charge >= 0.3 is 0 Å². The molecule has 2 rings (SSSR count). The highest BCUT2D eigenvalue weighted by Gasteiger charge is 2.01. The Morgan fingerprint density at radius 3 is 2.53 bits per heavy atom. The SMILES string of the molecule is CCSc1ccc(Nc2ccc(C#N)cc2N)cc1. The number of nitrogens with zero attached hydrogens (tertiary/aromatic N) is 1. The maximum atomic E-state index is 8.80. The fourth-order valence-corrected chi connectivity index (χ4v) is 2.36. The number of hydrogen-bond acceptors (Lipinski definition) is 4. The van der Waals surface area contributed by atoms with Crippen molar-refractivity contribution in [1.29, 1.82) is 5.26 Å². The van der Waals surface area contributed by atoms with Crippen LogP contribution in [-0.4, -0.2) is 5.75 Å². The molecule has 3 nitrogen and oxygen atoms in total. The standard InChI is InChI=1S/C15H15N3S/c1-2-19-13-6-4-12(5-7-13)18-15-8-3-11(10-16)9-14(15)17/h3-9,18H,2,17H2,1H3. The fourth-order valence-electron chi connectivity index (χ4n) is 1.70. The van der Waals surface area contributed by atoms with Gasteiger partial charge in [0.15, 0.2) is 0 Å². The van der Waals surface area contributed by atoms with Gasteiger partial charge in [0.25, 0.3) is 0 Å². The fraction of sp³-hybridized carbons (Fsp3) is 0.133. The number of nitrogen functional groups attached to an aromatic ring is 1. The molecule has 0 saturated heterocycles. The van der Waals surface area contributed by atoms with Crippen LogP contribution in [0.25, 0.3) is 0 Å². The molecular weight excluding hydrogens is 254 g/mol. The van der Waals surface area contributed by atoms with Gasteiger partial charge in [-0.2, -0.15) is 5.26 Å². The van der Waals surface area contributed by atoms with E-state index in [1.54, 1.807) is 12.1 Å². The number of benzene rings is 2. The van der Waals surface area contributed by atoms with Crippen LogP contribution >= 0.6 is 11.8 Å². The highest BCUT2D eigenvalue weighted by atomic mass is 32.2. The average Bonchev–Trinajstić information content (AvgIpc) is 2.43. The van der Waals surface area contributed by atoms with Gasteiger partial charge in [-0.15, -0.1) is 11.8 Å². The maximum absolute atomic E-state index is 8.80. The number of nitriles is 1. The molecule has 0 unspecified atom stereocenters. The summed E-state index contributed by atoms with van der Waals surface area (Å²) in [6.07, 6.45) is 0. The first-order valence-corrected chi connectivity index (χ1v) is 7.01. The van der Waals surface area contributed by atoms with Crippen LogP contribution in [0.3, 0.4) is 0 Å². The molecule has 0 heterocycles. The minimum Gasteiger partial charge on any atom is -0.397 e. The molecule has 0 aliphatic carbocycles. The summed E-state index contributed by atoms with van der Waals surface area (Å²) in [6.45, 7) is 2.13. The lowest BCUT2D eigenvalue weighted by molar-refractivity contribution is 1.41. The quantitative estimate of drug-likeness (QED) is 0.650. The van der Waals surface area contributed by atoms with Crippen molar-refractivity contribution in [2.24, 2.45) is 0 Å². The number of hydrogen-bond donors (Lipinski definition) is 2. The van der Waals surface area contributed by atoms with E-state index in [1.807, 2.05) is 30.0 Å². The zero-order chi connectivity index (χ0) is 13.7. The van der Waals surface area contributed by atoms with Crippen LogP contribution in [-0.2, 0) is 0 Å². The number of nitrogens with two attached hydrogens (primary N) is 1. The highest BCUT2D eigenvalue weighted by molar-refractivity contribution is 7.99. The maximum Gasteiger partial charge on any atom is 0.0992 e. The first-order valence-electron chi connectivity index (χ1n) is 6.02. The number of thioether (sulfide) groups is 1. The summed E-state index contributed by atoms with van der Waals surface area (Å²) < 4.78 is 0. The van der Waals surface area contributed by atoms with Crippen molar-refractivity contribution >= 4 is 28.8 Å². The van der Waals surface area contributed by atoms with Gasteiger partial charge in [-0.1, -0.05) is 6.92 Å². The van der Waals surface area contributed by atoms with Gasteiger partial charge in [0.1, 0.15) is 0 Å². The van der Waals surface area contributed by atoms with Gasteiger partial charge in [0, 0.05) is 10.6 Å². The van der Waals surface area contributed by atoms with E-state index in [-0.39, 0.29) is 0 Å². The van der Waals surface area contributed by atoms with Crippen molar-refractivity contribution in [3.05, 3.63) is 48.0 Å². The molecule has 96 valence electrons. The van der Waals surface area contributed by atoms with Crippen LogP contribution in [0.5, 0.6) is 0 Å². The summed E-state index contributed by atoms with van der Waals surface area (Å²) in [5.74, 6) is 1.06. The first-order chi connectivity index (χ1) is 9.22. The summed E-state index contributed by atoms with van der Waals surface area (Å²) in [4.78, 5) is 1.25. The Morgan fingerprint density at radius 1 is 1.21 bits per heavy atom. The van der Waals surface area contributed by atoms with Crippen LogP contribution < -0.4 is 11.1 Å². The predicted octanol–water partition coefficient (Wildman–Crippen LogP) is 4.00. The van der Waals surface area contributed by atoms with Gasteiger partial charge < -0.3 is 11.1 Å². The van der Waals surface area contributed by atoms with Crippen molar-refractivity contribution in [1.82, 2.24) is 0 Å². The van der Waals surface area contributed by atoms with Crippen molar-refractivity contribution in [3.63, 3.8) is 0 Å². The minimum atomic E-state index is 0.567. The molecule has 0 aromatic heterocycles. The Labute approximate surface area is 117 Å². The molecule has 4 heteroatoms. The van der Waals surface area contributed by atoms with E-state index in [2.05, 4.69) is 30.4 Å². The average molecular weight is 269 g/mol. The summed E-state index contributed by atoms with van der Waals surface area (Å²) >= 11 is 1.81. The van der Waals surface area contributed by atoms with Crippen LogP contribution in [0.4, 0.5) is 17.1 Å². The van der Waals surface area contributed by atoms with Gasteiger partial charge in [-0.05, 0) is 48.2 Å². The Morgan fingerprint density at radius 2 is 1.95 bits per heavy atom. The van der Waals surface area contributed by atoms with E-state index < -0.39 is 0 Å². The molecule has 0 amide bonds. The summed E-state index contributed by atoms with van der Waals surface area (Å²) in [5.41, 5.74) is 8.84. The Hall–Kier alpha value is -2.12. The Kier molecular flexibility index (Phi) is 4.32. The second-order valence-electron chi connectivity index (χ2n) is 4.00. The summed E-state index contributed by atoms with van der Waals surface area (Å²) in [7, 11) is 0. The van der Waals surface area contributed by atoms with Gasteiger partial charge in [-0.3, -0.25) is 0 Å². The van der Waals surface area contributed by atoms with Gasteiger partial charge in [-0.25, -0.2) is 0 Å². The molecule has 0 saturated carbocycles. The molecule has 0 aliphatic heterocycles. The third-order valence-electron chi connectivity index (χ3n) is 2.62. The minimum absolute atomic E-state index is 0.567. The normalized spacial score (nSPS) is 9.89. The smallest absolute Gasteiger partial charge is 0.0992 e. The van der Waals surface area contributed by atoms with Gasteiger partial charge in [0.05, 0.1) is 23.0 Å². The monoisotopic (exact) mass is 269 g/mol. The zero-order valence-electron chi connectivity index (χ0n) is 10.7. The molecule has 0 spiro atoms. The lowest BCUT2D eigenvalue weighted by Crippen LogP contribution is -1.96. The molecule has 0 bridgehead atoms. The number of nitrogens with one attached hydrogen (secondary N) is 1. The van der Waals surface area contributed by atoms with Crippen LogP contribution in [0.1, 0.15) is 12.5 Å². The molecule has 19 heavy (non-hydrogen) atoms. The summed E-state index contributed by atoms with van der Waals surface area (Å²) in [6, 6.07) is 15.5. The van der Waals surface area contributed by atoms with Crippen molar-refractivity contribution in [2.75, 3.05) is 16.8 Å². The third kappa shape index (κ3) is 3.43. The van der Waals surface area contributed by atoms with Crippen molar-refractivity contribution < 1.29 is 0 Å². The van der Waals surface area contributed by atoms with E-state index in [1.165, 1.54) is 4.90 Å². The predicted molar refractivity (Wildman–Crippen MR) is 81.7 cm³/mol. The molecular formula is C15H15N3S. The Balaban J connectivity index is 2.15. The van der Waals surface area contributed by atoms with Crippen LogP contribution in [0, 0.1) is 11.3 Å². The molecule has 0 atom stereocenters. The number of anilines is 3. The van der Waals surface area contributed by atoms with Crippen molar-refractivity contribution in [3.8, 4) is 6.07 Å². The van der Waals surface area contributed by atoms with Gasteiger partial charge in [0.2, 0.25) is 0 Å². The van der Waals surface area contributed by atoms with Crippen molar-refractivity contribution in [2.45, 2.75) is 11.8 Å². The van der Waals surface area contributed by atoms with Crippen LogP contribution in [0.15, 0.2) is 47.4 Å². The zero-order valence-corrected chi connectivity index (χ0v) is 11.5. The molecule has 3 N–H and O–H groups in total. The molecule has 0 radical (unpaired) electrons. The van der Waals surface area contributed by atoms with E-state index in [0.717, 1.165) is 17.1 Å². The molecule has 0 aliphatic rings. The highest BCUT2D eigenvalue weighted by Crippen LogP contribution is 2.26. The lowest BCUT2D eigenvalue weighted by atomic mass is 10.2. The van der Waals surface area contributed by atoms with E-state index >= 15 is 0 Å². The largest absolute Gasteiger partial charge is 0.397 e. The topological polar surface area (TPSA) is 61.8 Å².